The van der Waals surface area contributed by atoms with Crippen molar-refractivity contribution in [2.45, 2.75) is 6.42 Å². The van der Waals surface area contributed by atoms with Gasteiger partial charge in [-0.2, -0.15) is 0 Å². The molecule has 36 heavy (non-hydrogen) atoms. The molecule has 3 aromatic carbocycles. The standard InChI is InChI=1S/C29H29N3O4/c1-32-19-22(23-11-7-8-12-25(23)32)18-24(31-28(33)21-9-5-4-6-10-21)29(34)30-16-15-20-13-14-26(35-2)27(17-20)36-3/h4-14,17-19H,15-16H2,1-3H3,(H,30,34)(H,31,33)/b24-18-. The number of para-hydroxylation sites is 1. The Balaban J connectivity index is 1.55. The molecule has 7 heteroatoms. The average molecular weight is 484 g/mol. The normalized spacial score (nSPS) is 11.2. The Morgan fingerprint density at radius 1 is 0.917 bits per heavy atom. The Kier molecular flexibility index (Phi) is 7.70. The van der Waals surface area contributed by atoms with E-state index in [1.54, 1.807) is 44.6 Å². The molecule has 0 aliphatic heterocycles. The fourth-order valence-electron chi connectivity index (χ4n) is 4.04. The first kappa shape index (κ1) is 24.6. The lowest BCUT2D eigenvalue weighted by Crippen LogP contribution is -2.35. The lowest BCUT2D eigenvalue weighted by Gasteiger charge is -2.12. The van der Waals surface area contributed by atoms with Gasteiger partial charge in [0.15, 0.2) is 11.5 Å². The number of amides is 2. The predicted molar refractivity (Wildman–Crippen MR) is 141 cm³/mol. The number of hydrogen-bond donors (Lipinski definition) is 2. The van der Waals surface area contributed by atoms with Crippen molar-refractivity contribution in [1.82, 2.24) is 15.2 Å². The van der Waals surface area contributed by atoms with Crippen molar-refractivity contribution < 1.29 is 19.1 Å². The molecular weight excluding hydrogens is 454 g/mol. The van der Waals surface area contributed by atoms with Crippen molar-refractivity contribution in [3.8, 4) is 11.5 Å². The summed E-state index contributed by atoms with van der Waals surface area (Å²) in [5.41, 5.74) is 3.51. The van der Waals surface area contributed by atoms with E-state index in [1.165, 1.54) is 0 Å². The summed E-state index contributed by atoms with van der Waals surface area (Å²) in [7, 11) is 5.12. The van der Waals surface area contributed by atoms with Crippen LogP contribution in [0.2, 0.25) is 0 Å². The topological polar surface area (TPSA) is 81.6 Å². The summed E-state index contributed by atoms with van der Waals surface area (Å²) >= 11 is 0. The molecule has 7 nitrogen and oxygen atoms in total. The second kappa shape index (κ2) is 11.3. The van der Waals surface area contributed by atoms with E-state index in [9.17, 15) is 9.59 Å². The molecule has 4 aromatic rings. The van der Waals surface area contributed by atoms with Gasteiger partial charge in [-0.3, -0.25) is 9.59 Å². The molecule has 0 bridgehead atoms. The highest BCUT2D eigenvalue weighted by Crippen LogP contribution is 2.27. The van der Waals surface area contributed by atoms with E-state index >= 15 is 0 Å². The summed E-state index contributed by atoms with van der Waals surface area (Å²) < 4.78 is 12.6. The van der Waals surface area contributed by atoms with Gasteiger partial charge in [0.25, 0.3) is 11.8 Å². The Morgan fingerprint density at radius 3 is 2.39 bits per heavy atom. The second-order valence-electron chi connectivity index (χ2n) is 8.29. The smallest absolute Gasteiger partial charge is 0.267 e. The summed E-state index contributed by atoms with van der Waals surface area (Å²) in [5.74, 6) is 0.562. The lowest BCUT2D eigenvalue weighted by molar-refractivity contribution is -0.117. The number of aryl methyl sites for hydroxylation is 1. The highest BCUT2D eigenvalue weighted by molar-refractivity contribution is 6.06. The van der Waals surface area contributed by atoms with Crippen LogP contribution in [0.1, 0.15) is 21.5 Å². The van der Waals surface area contributed by atoms with Crippen LogP contribution in [-0.2, 0) is 18.3 Å². The molecule has 1 heterocycles. The maximum atomic E-state index is 13.2. The van der Waals surface area contributed by atoms with Crippen LogP contribution in [0.15, 0.2) is 84.7 Å². The van der Waals surface area contributed by atoms with Crippen LogP contribution >= 0.6 is 0 Å². The van der Waals surface area contributed by atoms with Gasteiger partial charge in [-0.1, -0.05) is 42.5 Å². The Bertz CT molecular complexity index is 1410. The van der Waals surface area contributed by atoms with E-state index in [0.29, 0.717) is 30.0 Å². The van der Waals surface area contributed by atoms with Gasteiger partial charge >= 0.3 is 0 Å². The fraction of sp³-hybridized carbons (Fsp3) is 0.172. The Labute approximate surface area is 210 Å². The summed E-state index contributed by atoms with van der Waals surface area (Å²) in [4.78, 5) is 26.1. The van der Waals surface area contributed by atoms with Crippen LogP contribution < -0.4 is 20.1 Å². The molecule has 0 radical (unpaired) electrons. The van der Waals surface area contributed by atoms with Gasteiger partial charge in [-0.25, -0.2) is 0 Å². The van der Waals surface area contributed by atoms with Crippen molar-refractivity contribution in [1.29, 1.82) is 0 Å². The zero-order chi connectivity index (χ0) is 25.5. The molecule has 2 N–H and O–H groups in total. The van der Waals surface area contributed by atoms with Gasteiger partial charge in [-0.05, 0) is 48.4 Å². The van der Waals surface area contributed by atoms with Crippen molar-refractivity contribution in [2.75, 3.05) is 20.8 Å². The number of methoxy groups -OCH3 is 2. The second-order valence-corrected chi connectivity index (χ2v) is 8.29. The molecule has 184 valence electrons. The Morgan fingerprint density at radius 2 is 1.64 bits per heavy atom. The van der Waals surface area contributed by atoms with E-state index in [2.05, 4.69) is 10.6 Å². The number of hydrogen-bond acceptors (Lipinski definition) is 4. The predicted octanol–water partition coefficient (Wildman–Crippen LogP) is 4.33. The lowest BCUT2D eigenvalue weighted by atomic mass is 10.1. The molecule has 0 spiro atoms. The zero-order valence-corrected chi connectivity index (χ0v) is 20.6. The van der Waals surface area contributed by atoms with Crippen LogP contribution in [-0.4, -0.2) is 37.1 Å². The van der Waals surface area contributed by atoms with E-state index in [4.69, 9.17) is 9.47 Å². The number of aromatic nitrogens is 1. The molecule has 0 unspecified atom stereocenters. The first-order valence-electron chi connectivity index (χ1n) is 11.6. The third-order valence-electron chi connectivity index (χ3n) is 5.90. The highest BCUT2D eigenvalue weighted by Gasteiger charge is 2.16. The SMILES string of the molecule is COc1ccc(CCNC(=O)/C(=C/c2cn(C)c3ccccc23)NC(=O)c2ccccc2)cc1OC. The molecule has 4 rings (SSSR count). The number of nitrogens with one attached hydrogen (secondary N) is 2. The molecule has 2 amide bonds. The Hall–Kier alpha value is -4.52. The highest BCUT2D eigenvalue weighted by atomic mass is 16.5. The summed E-state index contributed by atoms with van der Waals surface area (Å²) in [6.45, 7) is 0.377. The van der Waals surface area contributed by atoms with Gasteiger partial charge in [0.2, 0.25) is 0 Å². The van der Waals surface area contributed by atoms with Crippen LogP contribution in [0.3, 0.4) is 0 Å². The third-order valence-corrected chi connectivity index (χ3v) is 5.90. The van der Waals surface area contributed by atoms with Gasteiger partial charge in [-0.15, -0.1) is 0 Å². The number of fused-ring (bicyclic) bond motifs is 1. The van der Waals surface area contributed by atoms with Crippen molar-refractivity contribution in [2.24, 2.45) is 7.05 Å². The minimum Gasteiger partial charge on any atom is -0.493 e. The number of ether oxygens (including phenoxy) is 2. The van der Waals surface area contributed by atoms with Crippen LogP contribution in [0.4, 0.5) is 0 Å². The van der Waals surface area contributed by atoms with Crippen molar-refractivity contribution in [3.05, 3.63) is 101 Å². The number of benzene rings is 3. The van der Waals surface area contributed by atoms with Crippen LogP contribution in [0.5, 0.6) is 11.5 Å². The average Bonchev–Trinajstić information content (AvgIpc) is 3.23. The summed E-state index contributed by atoms with van der Waals surface area (Å²) in [6, 6.07) is 22.4. The minimum absolute atomic E-state index is 0.174. The molecule has 0 fully saturated rings. The van der Waals surface area contributed by atoms with E-state index in [1.807, 2.05) is 66.3 Å². The van der Waals surface area contributed by atoms with Gasteiger partial charge in [0.05, 0.1) is 14.2 Å². The number of rotatable bonds is 9. The van der Waals surface area contributed by atoms with Crippen LogP contribution in [0, 0.1) is 0 Å². The van der Waals surface area contributed by atoms with Crippen molar-refractivity contribution in [3.63, 3.8) is 0 Å². The molecule has 1 aromatic heterocycles. The van der Waals surface area contributed by atoms with Crippen molar-refractivity contribution >= 4 is 28.8 Å². The van der Waals surface area contributed by atoms with E-state index in [0.717, 1.165) is 22.0 Å². The van der Waals surface area contributed by atoms with Gasteiger partial charge in [0.1, 0.15) is 5.70 Å². The molecule has 0 aliphatic rings. The third kappa shape index (κ3) is 5.58. The maximum absolute atomic E-state index is 13.2. The molecule has 0 atom stereocenters. The van der Waals surface area contributed by atoms with E-state index < -0.39 is 0 Å². The number of carbonyl (C=O) groups excluding carboxylic acids is 2. The molecule has 0 saturated carbocycles. The summed E-state index contributed by atoms with van der Waals surface area (Å²) in [5, 5.41) is 6.72. The monoisotopic (exact) mass is 483 g/mol. The largest absolute Gasteiger partial charge is 0.493 e. The van der Waals surface area contributed by atoms with E-state index in [-0.39, 0.29) is 17.5 Å². The van der Waals surface area contributed by atoms with Gasteiger partial charge in [0, 0.05) is 41.8 Å². The molecule has 0 saturated heterocycles. The molecule has 0 aliphatic carbocycles. The maximum Gasteiger partial charge on any atom is 0.267 e. The number of carbonyl (C=O) groups is 2. The minimum atomic E-state index is -0.368. The first-order valence-corrected chi connectivity index (χ1v) is 11.6. The van der Waals surface area contributed by atoms with Gasteiger partial charge < -0.3 is 24.7 Å². The van der Waals surface area contributed by atoms with Crippen LogP contribution in [0.25, 0.3) is 17.0 Å². The first-order chi connectivity index (χ1) is 17.5. The molecular formula is C29H29N3O4. The zero-order valence-electron chi connectivity index (χ0n) is 20.6. The summed E-state index contributed by atoms with van der Waals surface area (Å²) in [6.07, 6.45) is 4.24. The number of nitrogens with zero attached hydrogens (tertiary/aromatic N) is 1. The quantitative estimate of drug-likeness (QED) is 0.347. The fourth-order valence-corrected chi connectivity index (χ4v) is 4.04.